The maximum atomic E-state index is 13.0. The van der Waals surface area contributed by atoms with Gasteiger partial charge in [-0.15, -0.1) is 11.3 Å². The average Bonchev–Trinajstić information content (AvgIpc) is 3.36. The molecule has 0 bridgehead atoms. The summed E-state index contributed by atoms with van der Waals surface area (Å²) in [6, 6.07) is 15.9. The van der Waals surface area contributed by atoms with Crippen molar-refractivity contribution >= 4 is 34.0 Å². The number of anilines is 1. The van der Waals surface area contributed by atoms with E-state index in [1.165, 1.54) is 0 Å². The third kappa shape index (κ3) is 4.14. The molecule has 0 radical (unpaired) electrons. The summed E-state index contributed by atoms with van der Waals surface area (Å²) in [5.74, 6) is -0.0917. The van der Waals surface area contributed by atoms with Gasteiger partial charge in [-0.05, 0) is 43.0 Å². The van der Waals surface area contributed by atoms with Gasteiger partial charge in [0, 0.05) is 25.8 Å². The molecule has 29 heavy (non-hydrogen) atoms. The number of hydrogen-bond acceptors (Lipinski definition) is 5. The number of pyridine rings is 1. The topological polar surface area (TPSA) is 71.8 Å². The Hall–Kier alpha value is -3.19. The minimum Gasteiger partial charge on any atom is -0.385 e. The molecule has 0 spiro atoms. The molecule has 0 atom stereocenters. The van der Waals surface area contributed by atoms with Crippen molar-refractivity contribution in [1.82, 2.24) is 20.1 Å². The molecule has 4 aromatic rings. The molecular formula is C22H23N5OS. The van der Waals surface area contributed by atoms with E-state index in [4.69, 9.17) is 4.98 Å². The van der Waals surface area contributed by atoms with E-state index in [2.05, 4.69) is 15.7 Å². The van der Waals surface area contributed by atoms with Crippen molar-refractivity contribution < 1.29 is 4.79 Å². The number of amides is 1. The van der Waals surface area contributed by atoms with E-state index in [1.807, 2.05) is 67.9 Å². The second kappa shape index (κ2) is 8.45. The normalized spacial score (nSPS) is 11.0. The lowest BCUT2D eigenvalue weighted by molar-refractivity contribution is 0.0955. The van der Waals surface area contributed by atoms with Crippen LogP contribution in [0.25, 0.3) is 21.6 Å². The number of carbonyl (C=O) groups excluding carboxylic acids is 1. The molecule has 0 aliphatic heterocycles. The third-order valence-corrected chi connectivity index (χ3v) is 5.62. The Kier molecular flexibility index (Phi) is 5.57. The van der Waals surface area contributed by atoms with Crippen molar-refractivity contribution in [3.8, 4) is 10.6 Å². The van der Waals surface area contributed by atoms with Gasteiger partial charge in [-0.1, -0.05) is 24.3 Å². The second-order valence-electron chi connectivity index (χ2n) is 6.84. The second-order valence-corrected chi connectivity index (χ2v) is 7.79. The fraction of sp³-hybridized carbons (Fsp3) is 0.227. The first-order valence-electron chi connectivity index (χ1n) is 9.59. The maximum Gasteiger partial charge on any atom is 0.252 e. The van der Waals surface area contributed by atoms with Crippen LogP contribution in [-0.2, 0) is 7.05 Å². The van der Waals surface area contributed by atoms with E-state index in [-0.39, 0.29) is 5.91 Å². The zero-order valence-electron chi connectivity index (χ0n) is 16.5. The van der Waals surface area contributed by atoms with Gasteiger partial charge in [-0.25, -0.2) is 4.98 Å². The molecule has 0 unspecified atom stereocenters. The van der Waals surface area contributed by atoms with Gasteiger partial charge in [0.25, 0.3) is 5.91 Å². The molecule has 0 aliphatic carbocycles. The van der Waals surface area contributed by atoms with Crippen molar-refractivity contribution in [2.24, 2.45) is 7.05 Å². The molecule has 3 heterocycles. The van der Waals surface area contributed by atoms with Gasteiger partial charge >= 0.3 is 0 Å². The molecule has 6 nitrogen and oxygen atoms in total. The number of fused-ring (bicyclic) bond motifs is 1. The predicted molar refractivity (Wildman–Crippen MR) is 118 cm³/mol. The van der Waals surface area contributed by atoms with Crippen LogP contribution in [0.4, 0.5) is 5.69 Å². The Bertz CT molecular complexity index is 1120. The maximum absolute atomic E-state index is 13.0. The van der Waals surface area contributed by atoms with E-state index in [0.717, 1.165) is 46.0 Å². The summed E-state index contributed by atoms with van der Waals surface area (Å²) in [5, 5.41) is 13.7. The molecule has 4 rings (SSSR count). The van der Waals surface area contributed by atoms with Crippen molar-refractivity contribution in [3.05, 3.63) is 65.2 Å². The van der Waals surface area contributed by atoms with E-state index >= 15 is 0 Å². The molecule has 0 aliphatic rings. The highest BCUT2D eigenvalue weighted by molar-refractivity contribution is 7.13. The van der Waals surface area contributed by atoms with Crippen LogP contribution >= 0.6 is 11.3 Å². The van der Waals surface area contributed by atoms with E-state index in [9.17, 15) is 4.79 Å². The van der Waals surface area contributed by atoms with Crippen LogP contribution in [0.3, 0.4) is 0 Å². The minimum atomic E-state index is -0.0917. The van der Waals surface area contributed by atoms with Crippen LogP contribution in [0, 0.1) is 6.92 Å². The number of rotatable bonds is 7. The fourth-order valence-electron chi connectivity index (χ4n) is 3.35. The third-order valence-electron chi connectivity index (χ3n) is 4.73. The number of benzene rings is 1. The SMILES string of the molecule is Cc1nn(C)c2nc(-c3cccs3)cc(C(=O)NCCCNc3ccccc3)c12. The van der Waals surface area contributed by atoms with Crippen LogP contribution in [0.5, 0.6) is 0 Å². The summed E-state index contributed by atoms with van der Waals surface area (Å²) < 4.78 is 1.74. The summed E-state index contributed by atoms with van der Waals surface area (Å²) in [6.45, 7) is 3.30. The predicted octanol–water partition coefficient (Wildman–Crippen LogP) is 4.24. The van der Waals surface area contributed by atoms with Crippen LogP contribution in [-0.4, -0.2) is 33.8 Å². The summed E-state index contributed by atoms with van der Waals surface area (Å²) in [7, 11) is 1.86. The van der Waals surface area contributed by atoms with Crippen molar-refractivity contribution in [1.29, 1.82) is 0 Å². The van der Waals surface area contributed by atoms with Crippen LogP contribution in [0.1, 0.15) is 22.5 Å². The van der Waals surface area contributed by atoms with Gasteiger partial charge in [0.1, 0.15) is 0 Å². The molecular weight excluding hydrogens is 382 g/mol. The van der Waals surface area contributed by atoms with Gasteiger partial charge in [0.15, 0.2) is 5.65 Å². The van der Waals surface area contributed by atoms with Crippen molar-refractivity contribution in [3.63, 3.8) is 0 Å². The molecule has 2 N–H and O–H groups in total. The molecule has 0 fully saturated rings. The summed E-state index contributed by atoms with van der Waals surface area (Å²) in [5.41, 5.74) is 4.04. The quantitative estimate of drug-likeness (QED) is 0.451. The molecule has 1 aromatic carbocycles. The van der Waals surface area contributed by atoms with Crippen LogP contribution < -0.4 is 10.6 Å². The standard InChI is InChI=1S/C22H23N5OS/c1-15-20-17(22(28)24-12-7-11-23-16-8-4-3-5-9-16)14-18(19-10-6-13-29-19)25-21(20)27(2)26-15/h3-6,8-10,13-14,23H,7,11-12H2,1-2H3,(H,24,28). The molecule has 7 heteroatoms. The molecule has 1 amide bonds. The minimum absolute atomic E-state index is 0.0917. The lowest BCUT2D eigenvalue weighted by Crippen LogP contribution is -2.26. The number of aryl methyl sites for hydroxylation is 2. The zero-order valence-corrected chi connectivity index (χ0v) is 17.3. The first kappa shape index (κ1) is 19.1. The van der Waals surface area contributed by atoms with E-state index in [1.54, 1.807) is 16.0 Å². The van der Waals surface area contributed by atoms with Crippen LogP contribution in [0.15, 0.2) is 53.9 Å². The number of carbonyl (C=O) groups is 1. The monoisotopic (exact) mass is 405 g/mol. The number of nitrogens with zero attached hydrogens (tertiary/aromatic N) is 3. The summed E-state index contributed by atoms with van der Waals surface area (Å²) in [4.78, 5) is 18.8. The number of hydrogen-bond donors (Lipinski definition) is 2. The van der Waals surface area contributed by atoms with E-state index in [0.29, 0.717) is 12.1 Å². The Morgan fingerprint density at radius 1 is 1.14 bits per heavy atom. The Morgan fingerprint density at radius 3 is 2.72 bits per heavy atom. The van der Waals surface area contributed by atoms with E-state index < -0.39 is 0 Å². The summed E-state index contributed by atoms with van der Waals surface area (Å²) in [6.07, 6.45) is 0.832. The van der Waals surface area contributed by atoms with Gasteiger partial charge < -0.3 is 10.6 Å². The highest BCUT2D eigenvalue weighted by Crippen LogP contribution is 2.29. The van der Waals surface area contributed by atoms with Gasteiger partial charge in [-0.2, -0.15) is 5.10 Å². The number of aromatic nitrogens is 3. The zero-order chi connectivity index (χ0) is 20.2. The smallest absolute Gasteiger partial charge is 0.252 e. The lowest BCUT2D eigenvalue weighted by Gasteiger charge is -2.10. The first-order chi connectivity index (χ1) is 14.1. The highest BCUT2D eigenvalue weighted by atomic mass is 32.1. The highest BCUT2D eigenvalue weighted by Gasteiger charge is 2.19. The Labute approximate surface area is 173 Å². The first-order valence-corrected chi connectivity index (χ1v) is 10.5. The van der Waals surface area contributed by atoms with Gasteiger partial charge in [-0.3, -0.25) is 9.48 Å². The average molecular weight is 406 g/mol. The van der Waals surface area contributed by atoms with Crippen molar-refractivity contribution in [2.75, 3.05) is 18.4 Å². The number of thiophene rings is 1. The van der Waals surface area contributed by atoms with Crippen molar-refractivity contribution in [2.45, 2.75) is 13.3 Å². The van der Waals surface area contributed by atoms with Crippen LogP contribution in [0.2, 0.25) is 0 Å². The Balaban J connectivity index is 1.49. The lowest BCUT2D eigenvalue weighted by atomic mass is 10.1. The van der Waals surface area contributed by atoms with Gasteiger partial charge in [0.2, 0.25) is 0 Å². The fourth-order valence-corrected chi connectivity index (χ4v) is 4.03. The molecule has 3 aromatic heterocycles. The molecule has 0 saturated heterocycles. The Morgan fingerprint density at radius 2 is 1.97 bits per heavy atom. The summed E-state index contributed by atoms with van der Waals surface area (Å²) >= 11 is 1.61. The molecule has 0 saturated carbocycles. The number of nitrogens with one attached hydrogen (secondary N) is 2. The molecule has 148 valence electrons. The van der Waals surface area contributed by atoms with Gasteiger partial charge in [0.05, 0.1) is 27.2 Å². The number of para-hydroxylation sites is 1. The largest absolute Gasteiger partial charge is 0.385 e.